The molecule has 0 spiro atoms. The second kappa shape index (κ2) is 9.63. The van der Waals surface area contributed by atoms with Crippen LogP contribution in [-0.2, 0) is 18.9 Å². The minimum Gasteiger partial charge on any atom is -0.387 e. The Hall–Kier alpha value is -3.12. The third-order valence-corrected chi connectivity index (χ3v) is 6.41. The number of nitrogens with zero attached hydrogens (tertiary/aromatic N) is 3. The highest BCUT2D eigenvalue weighted by Crippen LogP contribution is 2.32. The van der Waals surface area contributed by atoms with Crippen molar-refractivity contribution in [2.75, 3.05) is 0 Å². The summed E-state index contributed by atoms with van der Waals surface area (Å²) in [6, 6.07) is 19.7. The van der Waals surface area contributed by atoms with Gasteiger partial charge in [0.15, 0.2) is 0 Å². The van der Waals surface area contributed by atoms with Gasteiger partial charge in [-0.25, -0.2) is 4.98 Å². The van der Waals surface area contributed by atoms with Crippen LogP contribution >= 0.6 is 0 Å². The minimum atomic E-state index is -3.38. The maximum atomic E-state index is 14.1. The summed E-state index contributed by atoms with van der Waals surface area (Å²) in [6.45, 7) is 8.19. The van der Waals surface area contributed by atoms with E-state index < -0.39 is 17.7 Å². The van der Waals surface area contributed by atoms with Crippen LogP contribution in [0.1, 0.15) is 67.7 Å². The van der Waals surface area contributed by atoms with Crippen molar-refractivity contribution in [3.05, 3.63) is 95.1 Å². The Labute approximate surface area is 199 Å². The summed E-state index contributed by atoms with van der Waals surface area (Å²) in [4.78, 5) is 8.91. The molecule has 0 saturated heterocycles. The molecule has 34 heavy (non-hydrogen) atoms. The zero-order valence-electron chi connectivity index (χ0n) is 20.0. The van der Waals surface area contributed by atoms with Crippen LogP contribution < -0.4 is 0 Å². The van der Waals surface area contributed by atoms with Crippen molar-refractivity contribution in [2.24, 2.45) is 0 Å². The zero-order valence-corrected chi connectivity index (χ0v) is 20.0. The molecule has 0 aliphatic rings. The summed E-state index contributed by atoms with van der Waals surface area (Å²) >= 11 is 0. The predicted molar refractivity (Wildman–Crippen MR) is 131 cm³/mol. The van der Waals surface area contributed by atoms with Crippen LogP contribution in [0, 0.1) is 0 Å². The number of rotatable bonds is 8. The number of halogens is 2. The van der Waals surface area contributed by atoms with Crippen LogP contribution in [0.5, 0.6) is 0 Å². The first kappa shape index (κ1) is 24.0. The van der Waals surface area contributed by atoms with Crippen molar-refractivity contribution in [2.45, 2.75) is 64.5 Å². The quantitative estimate of drug-likeness (QED) is 0.328. The first-order chi connectivity index (χ1) is 16.2. The lowest BCUT2D eigenvalue weighted by Crippen LogP contribution is -2.29. The number of aliphatic hydroxyl groups is 1. The summed E-state index contributed by atoms with van der Waals surface area (Å²) in [5.74, 6) is -1.99. The molecule has 178 valence electrons. The molecule has 2 unspecified atom stereocenters. The van der Waals surface area contributed by atoms with Gasteiger partial charge >= 0.3 is 5.92 Å². The molecule has 0 bridgehead atoms. The largest absolute Gasteiger partial charge is 0.387 e. The smallest absolute Gasteiger partial charge is 0.314 e. The van der Waals surface area contributed by atoms with Gasteiger partial charge in [0, 0.05) is 19.2 Å². The van der Waals surface area contributed by atoms with E-state index in [1.807, 2.05) is 18.2 Å². The molecule has 4 aromatic rings. The fourth-order valence-electron chi connectivity index (χ4n) is 4.15. The van der Waals surface area contributed by atoms with E-state index in [9.17, 15) is 13.9 Å². The summed E-state index contributed by atoms with van der Waals surface area (Å²) in [6.07, 6.45) is 0.334. The number of aliphatic hydroxyl groups excluding tert-OH is 1. The van der Waals surface area contributed by atoms with E-state index in [2.05, 4.69) is 60.7 Å². The number of fused-ring (bicyclic) bond motifs is 1. The standard InChI is InChI=1S/C28H31F2N3O/c1-18(2)22-10-12-24-25(15-22)33(17-21-8-6-5-7-9-21)27(32-24)14-19(3)23-11-13-26(31-16-23)28(29,30)20(4)34/h5-13,15-16,18-20,34H,14,17H2,1-4H3. The number of benzene rings is 2. The Balaban J connectivity index is 1.67. The highest BCUT2D eigenvalue weighted by atomic mass is 19.3. The average molecular weight is 464 g/mol. The number of hydrogen-bond donors (Lipinski definition) is 1. The van der Waals surface area contributed by atoms with E-state index in [1.165, 1.54) is 23.4 Å². The second-order valence-corrected chi connectivity index (χ2v) is 9.38. The van der Waals surface area contributed by atoms with Crippen molar-refractivity contribution in [1.29, 1.82) is 0 Å². The van der Waals surface area contributed by atoms with Gasteiger partial charge in [-0.05, 0) is 53.6 Å². The molecular weight excluding hydrogens is 432 g/mol. The molecule has 4 nitrogen and oxygen atoms in total. The molecule has 1 N–H and O–H groups in total. The fraction of sp³-hybridized carbons (Fsp3) is 0.357. The summed E-state index contributed by atoms with van der Waals surface area (Å²) < 4.78 is 30.5. The van der Waals surface area contributed by atoms with Gasteiger partial charge in [-0.2, -0.15) is 8.78 Å². The molecule has 2 aromatic heterocycles. The molecule has 0 aliphatic carbocycles. The lowest BCUT2D eigenvalue weighted by atomic mass is 9.98. The first-order valence-electron chi connectivity index (χ1n) is 11.7. The van der Waals surface area contributed by atoms with Crippen molar-refractivity contribution < 1.29 is 13.9 Å². The van der Waals surface area contributed by atoms with Crippen LogP contribution in [0.15, 0.2) is 66.9 Å². The fourth-order valence-corrected chi connectivity index (χ4v) is 4.15. The van der Waals surface area contributed by atoms with Gasteiger partial charge in [-0.15, -0.1) is 0 Å². The van der Waals surface area contributed by atoms with Crippen molar-refractivity contribution in [1.82, 2.24) is 14.5 Å². The molecule has 0 radical (unpaired) electrons. The van der Waals surface area contributed by atoms with Crippen molar-refractivity contribution >= 4 is 11.0 Å². The van der Waals surface area contributed by atoms with Gasteiger partial charge < -0.3 is 9.67 Å². The van der Waals surface area contributed by atoms with Crippen molar-refractivity contribution in [3.63, 3.8) is 0 Å². The highest BCUT2D eigenvalue weighted by Gasteiger charge is 2.39. The average Bonchev–Trinajstić information content (AvgIpc) is 3.15. The van der Waals surface area contributed by atoms with Gasteiger partial charge in [-0.3, -0.25) is 4.98 Å². The van der Waals surface area contributed by atoms with E-state index in [-0.39, 0.29) is 5.92 Å². The molecule has 0 amide bonds. The van der Waals surface area contributed by atoms with Gasteiger partial charge in [0.25, 0.3) is 0 Å². The van der Waals surface area contributed by atoms with Gasteiger partial charge in [0.2, 0.25) is 0 Å². The molecule has 2 atom stereocenters. The van der Waals surface area contributed by atoms with E-state index in [0.29, 0.717) is 18.9 Å². The molecular formula is C28H31F2N3O. The zero-order chi connectivity index (χ0) is 24.5. The Morgan fingerprint density at radius 3 is 2.26 bits per heavy atom. The number of aromatic nitrogens is 3. The normalized spacial score (nSPS) is 14.0. The third kappa shape index (κ3) is 4.87. The first-order valence-corrected chi connectivity index (χ1v) is 11.7. The second-order valence-electron chi connectivity index (χ2n) is 9.38. The lowest BCUT2D eigenvalue weighted by molar-refractivity contribution is -0.109. The van der Waals surface area contributed by atoms with E-state index in [1.54, 1.807) is 6.07 Å². The van der Waals surface area contributed by atoms with E-state index in [4.69, 9.17) is 4.98 Å². The number of hydrogen-bond acceptors (Lipinski definition) is 3. The molecule has 2 heterocycles. The topological polar surface area (TPSA) is 50.9 Å². The maximum Gasteiger partial charge on any atom is 0.314 e. The van der Waals surface area contributed by atoms with Crippen LogP contribution in [0.3, 0.4) is 0 Å². The molecule has 0 fully saturated rings. The molecule has 4 rings (SSSR count). The highest BCUT2D eigenvalue weighted by molar-refractivity contribution is 5.77. The monoisotopic (exact) mass is 463 g/mol. The predicted octanol–water partition coefficient (Wildman–Crippen LogP) is 6.42. The van der Waals surface area contributed by atoms with E-state index in [0.717, 1.165) is 29.3 Å². The lowest BCUT2D eigenvalue weighted by Gasteiger charge is -2.19. The van der Waals surface area contributed by atoms with Gasteiger partial charge in [-0.1, -0.05) is 63.2 Å². The third-order valence-electron chi connectivity index (χ3n) is 6.41. The number of pyridine rings is 1. The van der Waals surface area contributed by atoms with E-state index >= 15 is 0 Å². The Bertz CT molecular complexity index is 1250. The van der Waals surface area contributed by atoms with Crippen LogP contribution in [0.25, 0.3) is 11.0 Å². The SMILES string of the molecule is CC(C)c1ccc2nc(CC(C)c3ccc(C(F)(F)C(C)O)nc3)n(Cc3ccccc3)c2c1. The van der Waals surface area contributed by atoms with Gasteiger partial charge in [0.1, 0.15) is 17.6 Å². The summed E-state index contributed by atoms with van der Waals surface area (Å²) in [5, 5.41) is 9.38. The molecule has 6 heteroatoms. The van der Waals surface area contributed by atoms with Crippen LogP contribution in [-0.4, -0.2) is 25.7 Å². The molecule has 2 aromatic carbocycles. The Morgan fingerprint density at radius 1 is 0.941 bits per heavy atom. The molecule has 0 aliphatic heterocycles. The Kier molecular flexibility index (Phi) is 6.80. The maximum absolute atomic E-state index is 14.1. The number of imidazole rings is 1. The van der Waals surface area contributed by atoms with Crippen LogP contribution in [0.4, 0.5) is 8.78 Å². The summed E-state index contributed by atoms with van der Waals surface area (Å²) in [5.41, 5.74) is 4.94. The van der Waals surface area contributed by atoms with Gasteiger partial charge in [0.05, 0.1) is 11.0 Å². The minimum absolute atomic E-state index is 0.0256. The number of alkyl halides is 2. The van der Waals surface area contributed by atoms with Crippen LogP contribution in [0.2, 0.25) is 0 Å². The Morgan fingerprint density at radius 2 is 1.65 bits per heavy atom. The molecule has 0 saturated carbocycles. The van der Waals surface area contributed by atoms with Crippen molar-refractivity contribution in [3.8, 4) is 0 Å². The summed E-state index contributed by atoms with van der Waals surface area (Å²) in [7, 11) is 0.